The first-order valence-corrected chi connectivity index (χ1v) is 7.55. The number of carbonyl (C=O) groups is 1. The van der Waals surface area contributed by atoms with Crippen LogP contribution in [0.4, 0.5) is 0 Å². The number of hydrogen-bond acceptors (Lipinski definition) is 3. The van der Waals surface area contributed by atoms with Gasteiger partial charge in [-0.25, -0.2) is 4.79 Å². The number of piperidine rings is 1. The van der Waals surface area contributed by atoms with E-state index in [0.717, 1.165) is 25.6 Å². The number of aromatic carboxylic acids is 1. The fourth-order valence-corrected chi connectivity index (χ4v) is 3.53. The molecule has 3 nitrogen and oxygen atoms in total. The van der Waals surface area contributed by atoms with Gasteiger partial charge in [-0.2, -0.15) is 0 Å². The zero-order chi connectivity index (χ0) is 13.0. The molecule has 1 saturated heterocycles. The minimum absolute atomic E-state index is 0.450. The summed E-state index contributed by atoms with van der Waals surface area (Å²) in [6.07, 6.45) is 5.24. The molecule has 0 atom stereocenters. The van der Waals surface area contributed by atoms with Gasteiger partial charge >= 0.3 is 5.97 Å². The monoisotopic (exact) mass is 267 g/mol. The highest BCUT2D eigenvalue weighted by Gasteiger charge is 2.19. The van der Waals surface area contributed by atoms with Crippen molar-refractivity contribution in [2.45, 2.75) is 39.2 Å². The summed E-state index contributed by atoms with van der Waals surface area (Å²) in [6.45, 7) is 5.48. The van der Waals surface area contributed by atoms with E-state index in [2.05, 4.69) is 11.8 Å². The van der Waals surface area contributed by atoms with Gasteiger partial charge in [-0.05, 0) is 44.0 Å². The maximum absolute atomic E-state index is 10.8. The van der Waals surface area contributed by atoms with E-state index in [-0.39, 0.29) is 0 Å². The van der Waals surface area contributed by atoms with Crippen LogP contribution in [0.25, 0.3) is 0 Å². The van der Waals surface area contributed by atoms with Crippen LogP contribution < -0.4 is 0 Å². The highest BCUT2D eigenvalue weighted by molar-refractivity contribution is 7.13. The molecule has 2 rings (SSSR count). The largest absolute Gasteiger partial charge is 0.477 e. The van der Waals surface area contributed by atoms with Crippen molar-refractivity contribution in [2.75, 3.05) is 13.1 Å². The molecule has 0 unspecified atom stereocenters. The molecule has 4 heteroatoms. The Balaban J connectivity index is 1.82. The van der Waals surface area contributed by atoms with Crippen LogP contribution in [0.2, 0.25) is 0 Å². The summed E-state index contributed by atoms with van der Waals surface area (Å²) in [7, 11) is 0. The quantitative estimate of drug-likeness (QED) is 0.888. The molecule has 1 aliphatic rings. The minimum atomic E-state index is -0.812. The summed E-state index contributed by atoms with van der Waals surface area (Å²) in [6, 6.07) is 3.67. The Bertz CT molecular complexity index is 394. The van der Waals surface area contributed by atoms with Gasteiger partial charge in [0.05, 0.1) is 0 Å². The van der Waals surface area contributed by atoms with Crippen molar-refractivity contribution < 1.29 is 9.90 Å². The van der Waals surface area contributed by atoms with Gasteiger partial charge < -0.3 is 5.11 Å². The number of likely N-dealkylation sites (tertiary alicyclic amines) is 1. The Kier molecular flexibility index (Phi) is 4.78. The molecule has 1 aliphatic heterocycles. The van der Waals surface area contributed by atoms with E-state index >= 15 is 0 Å². The third kappa shape index (κ3) is 3.56. The number of carboxylic acids is 1. The first-order chi connectivity index (χ1) is 8.69. The predicted octanol–water partition coefficient (Wildman–Crippen LogP) is 3.46. The first kappa shape index (κ1) is 13.6. The Hall–Kier alpha value is -0.870. The van der Waals surface area contributed by atoms with E-state index in [9.17, 15) is 4.79 Å². The zero-order valence-electron chi connectivity index (χ0n) is 10.9. The molecule has 0 amide bonds. The lowest BCUT2D eigenvalue weighted by molar-refractivity contribution is 0.0702. The summed E-state index contributed by atoms with van der Waals surface area (Å²) < 4.78 is 0. The van der Waals surface area contributed by atoms with Crippen molar-refractivity contribution in [3.63, 3.8) is 0 Å². The van der Waals surface area contributed by atoms with Gasteiger partial charge in [0.2, 0.25) is 0 Å². The molecule has 0 spiro atoms. The molecule has 0 radical (unpaired) electrons. The molecule has 1 fully saturated rings. The Morgan fingerprint density at radius 3 is 2.72 bits per heavy atom. The van der Waals surface area contributed by atoms with Crippen molar-refractivity contribution in [1.29, 1.82) is 0 Å². The summed E-state index contributed by atoms with van der Waals surface area (Å²) in [5, 5.41) is 8.89. The Labute approximate surface area is 112 Å². The van der Waals surface area contributed by atoms with Crippen LogP contribution in [-0.4, -0.2) is 29.1 Å². The van der Waals surface area contributed by atoms with Crippen molar-refractivity contribution in [2.24, 2.45) is 5.92 Å². The second-order valence-electron chi connectivity index (χ2n) is 5.08. The number of rotatable bonds is 5. The van der Waals surface area contributed by atoms with Gasteiger partial charge in [0.15, 0.2) is 0 Å². The summed E-state index contributed by atoms with van der Waals surface area (Å²) >= 11 is 1.40. The van der Waals surface area contributed by atoms with Gasteiger partial charge in [-0.1, -0.05) is 19.8 Å². The molecular weight excluding hydrogens is 246 g/mol. The molecule has 1 N–H and O–H groups in total. The maximum atomic E-state index is 10.8. The lowest BCUT2D eigenvalue weighted by Crippen LogP contribution is -2.32. The van der Waals surface area contributed by atoms with Crippen LogP contribution in [0.5, 0.6) is 0 Å². The molecule has 0 aliphatic carbocycles. The maximum Gasteiger partial charge on any atom is 0.345 e. The molecule has 1 aromatic heterocycles. The van der Waals surface area contributed by atoms with Crippen molar-refractivity contribution in [1.82, 2.24) is 4.90 Å². The summed E-state index contributed by atoms with van der Waals surface area (Å²) in [5.41, 5.74) is 0. The van der Waals surface area contributed by atoms with Gasteiger partial charge in [0, 0.05) is 11.4 Å². The van der Waals surface area contributed by atoms with E-state index in [4.69, 9.17) is 5.11 Å². The summed E-state index contributed by atoms with van der Waals surface area (Å²) in [5.74, 6) is 0.0945. The standard InChI is InChI=1S/C14H21NO2S/c1-2-3-11-6-8-15(9-7-11)10-12-4-5-13(18-12)14(16)17/h4-5,11H,2-3,6-10H2,1H3,(H,16,17). The number of thiophene rings is 1. The van der Waals surface area contributed by atoms with E-state index < -0.39 is 5.97 Å². The fourth-order valence-electron chi connectivity index (χ4n) is 2.64. The first-order valence-electron chi connectivity index (χ1n) is 6.73. The average molecular weight is 267 g/mol. The van der Waals surface area contributed by atoms with Crippen LogP contribution in [0.1, 0.15) is 47.2 Å². The lowest BCUT2D eigenvalue weighted by atomic mass is 9.92. The normalized spacial score (nSPS) is 18.1. The minimum Gasteiger partial charge on any atom is -0.477 e. The van der Waals surface area contributed by atoms with Crippen molar-refractivity contribution in [3.05, 3.63) is 21.9 Å². The lowest BCUT2D eigenvalue weighted by Gasteiger charge is -2.31. The van der Waals surface area contributed by atoms with E-state index in [0.29, 0.717) is 4.88 Å². The SMILES string of the molecule is CCCC1CCN(Cc2ccc(C(=O)O)s2)CC1. The third-order valence-electron chi connectivity index (χ3n) is 3.66. The van der Waals surface area contributed by atoms with E-state index in [1.807, 2.05) is 6.07 Å². The van der Waals surface area contributed by atoms with Crippen LogP contribution in [0.15, 0.2) is 12.1 Å². The van der Waals surface area contributed by atoms with Crippen LogP contribution in [-0.2, 0) is 6.54 Å². The molecular formula is C14H21NO2S. The number of carboxylic acid groups (broad SMARTS) is 1. The second kappa shape index (κ2) is 6.34. The zero-order valence-corrected chi connectivity index (χ0v) is 11.7. The molecule has 0 bridgehead atoms. The molecule has 100 valence electrons. The predicted molar refractivity (Wildman–Crippen MR) is 74.2 cm³/mol. The third-order valence-corrected chi connectivity index (χ3v) is 4.71. The Morgan fingerprint density at radius 2 is 2.17 bits per heavy atom. The van der Waals surface area contributed by atoms with Gasteiger partial charge in [-0.3, -0.25) is 4.90 Å². The van der Waals surface area contributed by atoms with Gasteiger partial charge in [0.25, 0.3) is 0 Å². The second-order valence-corrected chi connectivity index (χ2v) is 6.25. The number of nitrogens with zero attached hydrogens (tertiary/aromatic N) is 1. The molecule has 0 saturated carbocycles. The molecule has 18 heavy (non-hydrogen) atoms. The fraction of sp³-hybridized carbons (Fsp3) is 0.643. The number of hydrogen-bond donors (Lipinski definition) is 1. The Morgan fingerprint density at radius 1 is 1.44 bits per heavy atom. The van der Waals surface area contributed by atoms with Gasteiger partial charge in [-0.15, -0.1) is 11.3 Å². The smallest absolute Gasteiger partial charge is 0.345 e. The highest BCUT2D eigenvalue weighted by atomic mass is 32.1. The average Bonchev–Trinajstić information content (AvgIpc) is 2.81. The van der Waals surface area contributed by atoms with E-state index in [1.165, 1.54) is 41.9 Å². The topological polar surface area (TPSA) is 40.5 Å². The molecule has 0 aromatic carbocycles. The van der Waals surface area contributed by atoms with Gasteiger partial charge in [0.1, 0.15) is 4.88 Å². The van der Waals surface area contributed by atoms with Crippen LogP contribution in [0.3, 0.4) is 0 Å². The van der Waals surface area contributed by atoms with Crippen LogP contribution >= 0.6 is 11.3 Å². The molecule has 2 heterocycles. The van der Waals surface area contributed by atoms with Crippen molar-refractivity contribution in [3.8, 4) is 0 Å². The highest BCUT2D eigenvalue weighted by Crippen LogP contribution is 2.24. The van der Waals surface area contributed by atoms with Crippen molar-refractivity contribution >= 4 is 17.3 Å². The van der Waals surface area contributed by atoms with E-state index in [1.54, 1.807) is 6.07 Å². The van der Waals surface area contributed by atoms with Crippen LogP contribution in [0, 0.1) is 5.92 Å². The molecule has 1 aromatic rings. The summed E-state index contributed by atoms with van der Waals surface area (Å²) in [4.78, 5) is 14.9.